The Hall–Kier alpha value is -6.01. The Balaban J connectivity index is 0.000000446. The van der Waals surface area contributed by atoms with Gasteiger partial charge in [0.05, 0.1) is 22.8 Å². The van der Waals surface area contributed by atoms with Gasteiger partial charge in [-0.15, -0.1) is 0 Å². The van der Waals surface area contributed by atoms with E-state index >= 15 is 0 Å². The van der Waals surface area contributed by atoms with Crippen molar-refractivity contribution in [2.45, 2.75) is 0 Å². The van der Waals surface area contributed by atoms with Crippen LogP contribution >= 0.6 is 0 Å². The minimum absolute atomic E-state index is 0.900. The number of hydrogen-bond donors (Lipinski definition) is 2. The van der Waals surface area contributed by atoms with E-state index in [0.29, 0.717) is 0 Å². The molecule has 4 aromatic carbocycles. The zero-order valence-electron chi connectivity index (χ0n) is 26.5. The molecular formula is C44H31CoN4. The molecule has 236 valence electrons. The molecule has 9 rings (SSSR count). The molecule has 49 heavy (non-hydrogen) atoms. The van der Waals surface area contributed by atoms with Crippen molar-refractivity contribution in [1.29, 1.82) is 0 Å². The van der Waals surface area contributed by atoms with Gasteiger partial charge in [-0.05, 0) is 71.3 Å². The summed E-state index contributed by atoms with van der Waals surface area (Å²) in [7, 11) is 0. The maximum atomic E-state index is 5.27. The van der Waals surface area contributed by atoms with Crippen molar-refractivity contribution in [3.63, 3.8) is 0 Å². The first kappa shape index (κ1) is 30.3. The Labute approximate surface area is 293 Å². The van der Waals surface area contributed by atoms with Gasteiger partial charge >= 0.3 is 50.6 Å². The van der Waals surface area contributed by atoms with Crippen LogP contribution in [0.3, 0.4) is 0 Å². The van der Waals surface area contributed by atoms with Gasteiger partial charge in [-0.2, -0.15) is 0 Å². The SMILES string of the molecule is C1=Cc2nc1cc1ccc([nH]1)c(-c1ccccc1)c1nc(c(-c3ccccc3)c3ccc([nH]3)c2-c2ccccc2)C=C1.[Co][c]1ccccc1. The molecule has 7 aromatic rings. The van der Waals surface area contributed by atoms with Gasteiger partial charge in [-0.1, -0.05) is 91.0 Å². The van der Waals surface area contributed by atoms with Crippen LogP contribution in [0.2, 0.25) is 0 Å². The first-order valence-electron chi connectivity index (χ1n) is 16.2. The van der Waals surface area contributed by atoms with Gasteiger partial charge < -0.3 is 9.97 Å². The second kappa shape index (κ2) is 13.6. The summed E-state index contributed by atoms with van der Waals surface area (Å²) < 4.78 is 1.01. The fourth-order valence-electron chi connectivity index (χ4n) is 6.27. The summed E-state index contributed by atoms with van der Waals surface area (Å²) in [4.78, 5) is 17.7. The normalized spacial score (nSPS) is 11.6. The minimum atomic E-state index is 0.900. The van der Waals surface area contributed by atoms with Crippen molar-refractivity contribution >= 4 is 50.9 Å². The molecule has 0 aliphatic carbocycles. The van der Waals surface area contributed by atoms with Crippen LogP contribution in [0.25, 0.3) is 79.8 Å². The zero-order chi connectivity index (χ0) is 33.0. The molecule has 0 radical (unpaired) electrons. The molecule has 5 heteroatoms. The molecule has 0 saturated heterocycles. The van der Waals surface area contributed by atoms with E-state index in [1.165, 1.54) is 0 Å². The van der Waals surface area contributed by atoms with E-state index in [-0.39, 0.29) is 0 Å². The first-order chi connectivity index (χ1) is 24.2. The molecule has 4 nitrogen and oxygen atoms in total. The topological polar surface area (TPSA) is 57.4 Å². The van der Waals surface area contributed by atoms with Gasteiger partial charge in [0.2, 0.25) is 0 Å². The van der Waals surface area contributed by atoms with Crippen molar-refractivity contribution < 1.29 is 15.7 Å². The molecule has 0 atom stereocenters. The molecule has 2 aliphatic rings. The summed E-state index contributed by atoms with van der Waals surface area (Å²) in [5, 5.41) is 0. The number of fused-ring (bicyclic) bond motifs is 8. The van der Waals surface area contributed by atoms with Gasteiger partial charge in [0.15, 0.2) is 0 Å². The quantitative estimate of drug-likeness (QED) is 0.196. The molecule has 0 fully saturated rings. The van der Waals surface area contributed by atoms with Crippen LogP contribution in [0, 0.1) is 0 Å². The molecule has 0 amide bonds. The number of nitrogens with one attached hydrogen (secondary N) is 2. The second-order valence-electron chi connectivity index (χ2n) is 11.7. The molecule has 0 saturated carbocycles. The Bertz CT molecular complexity index is 2440. The van der Waals surface area contributed by atoms with Crippen molar-refractivity contribution in [3.05, 3.63) is 174 Å². The summed E-state index contributed by atoms with van der Waals surface area (Å²) in [5.74, 6) is 0. The van der Waals surface area contributed by atoms with E-state index in [1.54, 1.807) is 0 Å². The molecular weight excluding hydrogens is 643 g/mol. The van der Waals surface area contributed by atoms with Crippen LogP contribution in [0.15, 0.2) is 152 Å². The van der Waals surface area contributed by atoms with Crippen molar-refractivity contribution in [2.24, 2.45) is 0 Å². The molecule has 2 aliphatic heterocycles. The maximum absolute atomic E-state index is 5.27. The molecule has 5 heterocycles. The average molecular weight is 675 g/mol. The van der Waals surface area contributed by atoms with E-state index < -0.39 is 0 Å². The molecule has 0 spiro atoms. The third-order valence-electron chi connectivity index (χ3n) is 8.48. The third kappa shape index (κ3) is 6.45. The average Bonchev–Trinajstić information content (AvgIpc) is 3.98. The van der Waals surface area contributed by atoms with Gasteiger partial charge in [0.25, 0.3) is 0 Å². The van der Waals surface area contributed by atoms with Crippen LogP contribution in [-0.4, -0.2) is 19.9 Å². The van der Waals surface area contributed by atoms with E-state index in [2.05, 4.69) is 153 Å². The summed E-state index contributed by atoms with van der Waals surface area (Å²) in [6.07, 6.45) is 8.43. The number of hydrogen-bond acceptors (Lipinski definition) is 2. The number of aromatic amines is 2. The Morgan fingerprint density at radius 3 is 1.27 bits per heavy atom. The third-order valence-corrected chi connectivity index (χ3v) is 8.83. The number of rotatable bonds is 3. The Morgan fingerprint density at radius 1 is 0.388 bits per heavy atom. The van der Waals surface area contributed by atoms with Gasteiger partial charge in [0, 0.05) is 38.8 Å². The summed E-state index contributed by atoms with van der Waals surface area (Å²) in [6.45, 7) is 0. The predicted molar refractivity (Wildman–Crippen MR) is 201 cm³/mol. The van der Waals surface area contributed by atoms with Crippen molar-refractivity contribution in [1.82, 2.24) is 19.9 Å². The molecule has 2 N–H and O–H groups in total. The van der Waals surface area contributed by atoms with E-state index in [1.807, 2.05) is 48.5 Å². The van der Waals surface area contributed by atoms with Crippen molar-refractivity contribution in [3.8, 4) is 33.4 Å². The van der Waals surface area contributed by atoms with Crippen molar-refractivity contribution in [2.75, 3.05) is 0 Å². The van der Waals surface area contributed by atoms with Crippen LogP contribution in [-0.2, 0) is 15.7 Å². The predicted octanol–water partition coefficient (Wildman–Crippen LogP) is 10.5. The fourth-order valence-corrected chi connectivity index (χ4v) is 6.47. The van der Waals surface area contributed by atoms with E-state index in [0.717, 1.165) is 82.7 Å². The number of H-pyrrole nitrogens is 2. The van der Waals surface area contributed by atoms with Crippen LogP contribution in [0.5, 0.6) is 0 Å². The fraction of sp³-hybridized carbons (Fsp3) is 0. The zero-order valence-corrected chi connectivity index (χ0v) is 27.5. The summed E-state index contributed by atoms with van der Waals surface area (Å²) in [5.41, 5.74) is 14.2. The summed E-state index contributed by atoms with van der Waals surface area (Å²) in [6, 6.07) is 51.8. The Kier molecular flexibility index (Phi) is 8.42. The van der Waals surface area contributed by atoms with Gasteiger partial charge in [-0.25, -0.2) is 9.97 Å². The van der Waals surface area contributed by atoms with Gasteiger partial charge in [0.1, 0.15) is 0 Å². The monoisotopic (exact) mass is 674 g/mol. The van der Waals surface area contributed by atoms with Crippen LogP contribution < -0.4 is 4.50 Å². The summed E-state index contributed by atoms with van der Waals surface area (Å²) >= 11 is 4.13. The number of nitrogens with zero attached hydrogens (tertiary/aromatic N) is 2. The Morgan fingerprint density at radius 2 is 0.796 bits per heavy atom. The van der Waals surface area contributed by atoms with Crippen LogP contribution in [0.4, 0.5) is 0 Å². The number of benzene rings is 4. The van der Waals surface area contributed by atoms with Crippen LogP contribution in [0.1, 0.15) is 22.8 Å². The van der Waals surface area contributed by atoms with E-state index in [9.17, 15) is 0 Å². The standard InChI is InChI=1S/C38H26N4.C6H5.Co/c1-4-10-25(11-5-1)36-30-18-16-28(39-30)24-29-17-19-31(40-29)37(26-12-6-2-7-13-26)33-21-23-35(42-33)38(27-14-8-3-9-15-27)34-22-20-32(36)41-34;1-2-4-6-5-3-1;/h1-24,39,42H;1-5H;. The molecule has 3 aromatic heterocycles. The molecule has 8 bridgehead atoms. The first-order valence-corrected chi connectivity index (χ1v) is 16.7. The number of aromatic nitrogens is 4. The second-order valence-corrected chi connectivity index (χ2v) is 12.3. The molecule has 0 unspecified atom stereocenters. The van der Waals surface area contributed by atoms with Gasteiger partial charge in [-0.3, -0.25) is 0 Å². The van der Waals surface area contributed by atoms with E-state index in [4.69, 9.17) is 9.97 Å².